The number of hydrogen-bond donors (Lipinski definition) is 1. The Hall–Kier alpha value is -3.26. The van der Waals surface area contributed by atoms with Crippen LogP contribution in [0, 0.1) is 0 Å². The second kappa shape index (κ2) is 10.9. The van der Waals surface area contributed by atoms with E-state index < -0.39 is 15.7 Å². The Balaban J connectivity index is 1.70. The molecule has 1 heterocycles. The topological polar surface area (TPSA) is 94.8 Å². The molecule has 0 spiro atoms. The van der Waals surface area contributed by atoms with E-state index in [0.29, 0.717) is 30.4 Å². The minimum absolute atomic E-state index is 0.0191. The highest BCUT2D eigenvalue weighted by Gasteiger charge is 2.19. The number of furan rings is 1. The molecule has 0 aliphatic rings. The minimum Gasteiger partial charge on any atom is -0.490 e. The molecule has 1 N–H and O–H groups in total. The number of ether oxygens (including phenoxy) is 2. The van der Waals surface area contributed by atoms with Crippen LogP contribution in [-0.2, 0) is 15.6 Å². The normalized spacial score (nSPS) is 11.2. The van der Waals surface area contributed by atoms with Gasteiger partial charge in [0.05, 0.1) is 18.1 Å². The van der Waals surface area contributed by atoms with Crippen molar-refractivity contribution in [3.8, 4) is 11.5 Å². The van der Waals surface area contributed by atoms with Gasteiger partial charge in [0.1, 0.15) is 11.5 Å². The Morgan fingerprint density at radius 2 is 1.59 bits per heavy atom. The Morgan fingerprint density at radius 1 is 0.906 bits per heavy atom. The van der Waals surface area contributed by atoms with E-state index in [-0.39, 0.29) is 22.2 Å². The van der Waals surface area contributed by atoms with E-state index in [1.165, 1.54) is 24.3 Å². The maximum Gasteiger partial charge on any atom is 0.291 e. The molecule has 3 rings (SSSR count). The molecule has 0 radical (unpaired) electrons. The summed E-state index contributed by atoms with van der Waals surface area (Å²) in [7, 11) is -3.57. The van der Waals surface area contributed by atoms with Gasteiger partial charge in [-0.05, 0) is 49.2 Å². The lowest BCUT2D eigenvalue weighted by Gasteiger charge is -2.13. The van der Waals surface area contributed by atoms with E-state index in [4.69, 9.17) is 13.9 Å². The third kappa shape index (κ3) is 6.13. The van der Waals surface area contributed by atoms with Gasteiger partial charge in [-0.25, -0.2) is 8.42 Å². The van der Waals surface area contributed by atoms with Crippen molar-refractivity contribution in [2.45, 2.75) is 37.3 Å². The molecule has 170 valence electrons. The highest BCUT2D eigenvalue weighted by Crippen LogP contribution is 2.31. The number of benzene rings is 2. The summed E-state index contributed by atoms with van der Waals surface area (Å²) in [6.45, 7) is 5.11. The number of sulfone groups is 1. The number of carbonyl (C=O) groups excluding carboxylic acids is 1. The van der Waals surface area contributed by atoms with Crippen LogP contribution in [0.2, 0.25) is 0 Å². The molecule has 0 saturated carbocycles. The molecule has 7 nitrogen and oxygen atoms in total. The van der Waals surface area contributed by atoms with Gasteiger partial charge < -0.3 is 19.2 Å². The lowest BCUT2D eigenvalue weighted by atomic mass is 10.2. The van der Waals surface area contributed by atoms with Crippen LogP contribution in [0.5, 0.6) is 11.5 Å². The van der Waals surface area contributed by atoms with Crippen LogP contribution in [-0.4, -0.2) is 27.5 Å². The first-order valence-electron chi connectivity index (χ1n) is 10.5. The first-order chi connectivity index (χ1) is 15.4. The van der Waals surface area contributed by atoms with Gasteiger partial charge in [0.2, 0.25) is 0 Å². The summed E-state index contributed by atoms with van der Waals surface area (Å²) >= 11 is 0. The smallest absolute Gasteiger partial charge is 0.291 e. The van der Waals surface area contributed by atoms with Gasteiger partial charge in [0.15, 0.2) is 27.1 Å². The Morgan fingerprint density at radius 3 is 2.28 bits per heavy atom. The van der Waals surface area contributed by atoms with Crippen molar-refractivity contribution in [1.82, 2.24) is 0 Å². The van der Waals surface area contributed by atoms with E-state index in [1.54, 1.807) is 36.4 Å². The molecule has 0 atom stereocenters. The van der Waals surface area contributed by atoms with E-state index in [9.17, 15) is 13.2 Å². The molecule has 0 unspecified atom stereocenters. The van der Waals surface area contributed by atoms with Gasteiger partial charge in [0.25, 0.3) is 5.91 Å². The van der Waals surface area contributed by atoms with Crippen molar-refractivity contribution in [3.63, 3.8) is 0 Å². The van der Waals surface area contributed by atoms with E-state index >= 15 is 0 Å². The Bertz CT molecular complexity index is 1140. The van der Waals surface area contributed by atoms with Crippen molar-refractivity contribution < 1.29 is 27.1 Å². The molecule has 3 aromatic rings. The quantitative estimate of drug-likeness (QED) is 0.431. The van der Waals surface area contributed by atoms with Crippen molar-refractivity contribution in [1.29, 1.82) is 0 Å². The van der Waals surface area contributed by atoms with Gasteiger partial charge in [-0.2, -0.15) is 0 Å². The SMILES string of the molecule is CCCOc1ccc(NC(=O)c2ccc(CS(=O)(=O)c3ccccc3)o2)cc1OCCC. The lowest BCUT2D eigenvalue weighted by molar-refractivity contribution is 0.0995. The van der Waals surface area contributed by atoms with Crippen LogP contribution in [0.15, 0.2) is 70.0 Å². The fraction of sp³-hybridized carbons (Fsp3) is 0.292. The van der Waals surface area contributed by atoms with Gasteiger partial charge in [-0.15, -0.1) is 0 Å². The molecular formula is C24H27NO6S. The van der Waals surface area contributed by atoms with Crippen molar-refractivity contribution in [2.24, 2.45) is 0 Å². The summed E-state index contributed by atoms with van der Waals surface area (Å²) in [5.41, 5.74) is 0.514. The van der Waals surface area contributed by atoms with Crippen LogP contribution in [0.25, 0.3) is 0 Å². The first kappa shape index (κ1) is 23.4. The van der Waals surface area contributed by atoms with Crippen molar-refractivity contribution in [2.75, 3.05) is 18.5 Å². The van der Waals surface area contributed by atoms with Gasteiger partial charge in [-0.1, -0.05) is 32.0 Å². The average Bonchev–Trinajstić information content (AvgIpc) is 3.25. The van der Waals surface area contributed by atoms with E-state index in [2.05, 4.69) is 5.32 Å². The summed E-state index contributed by atoms with van der Waals surface area (Å²) < 4.78 is 42.0. The summed E-state index contributed by atoms with van der Waals surface area (Å²) in [6.07, 6.45) is 1.71. The molecular weight excluding hydrogens is 430 g/mol. The van der Waals surface area contributed by atoms with E-state index in [0.717, 1.165) is 12.8 Å². The minimum atomic E-state index is -3.57. The predicted molar refractivity (Wildman–Crippen MR) is 122 cm³/mol. The number of anilines is 1. The molecule has 2 aromatic carbocycles. The van der Waals surface area contributed by atoms with Crippen LogP contribution in [0.4, 0.5) is 5.69 Å². The van der Waals surface area contributed by atoms with Crippen molar-refractivity contribution in [3.05, 3.63) is 72.2 Å². The number of carbonyl (C=O) groups is 1. The Kier molecular flexibility index (Phi) is 7.94. The van der Waals surface area contributed by atoms with Crippen LogP contribution in [0.3, 0.4) is 0 Å². The summed E-state index contributed by atoms with van der Waals surface area (Å²) in [5.74, 6) is 0.553. The van der Waals surface area contributed by atoms with Crippen LogP contribution in [0.1, 0.15) is 43.0 Å². The van der Waals surface area contributed by atoms with Gasteiger partial charge in [-0.3, -0.25) is 4.79 Å². The molecule has 1 amide bonds. The predicted octanol–water partition coefficient (Wildman–Crippen LogP) is 5.08. The summed E-state index contributed by atoms with van der Waals surface area (Å²) in [6, 6.07) is 16.2. The maximum atomic E-state index is 12.6. The zero-order chi connectivity index (χ0) is 23.0. The standard InChI is InChI=1S/C24H27NO6S/c1-3-14-29-21-12-10-18(16-23(21)30-15-4-2)25-24(26)22-13-11-19(31-22)17-32(27,28)20-8-6-5-7-9-20/h5-13,16H,3-4,14-15,17H2,1-2H3,(H,25,26). The van der Waals surface area contributed by atoms with Crippen LogP contribution >= 0.6 is 0 Å². The molecule has 8 heteroatoms. The summed E-state index contributed by atoms with van der Waals surface area (Å²) in [4.78, 5) is 12.8. The highest BCUT2D eigenvalue weighted by molar-refractivity contribution is 7.90. The largest absolute Gasteiger partial charge is 0.490 e. The fourth-order valence-corrected chi connectivity index (χ4v) is 4.18. The Labute approximate surface area is 188 Å². The molecule has 0 fully saturated rings. The summed E-state index contributed by atoms with van der Waals surface area (Å²) in [5, 5.41) is 2.75. The number of amides is 1. The fourth-order valence-electron chi connectivity index (χ4n) is 2.91. The monoisotopic (exact) mass is 457 g/mol. The second-order valence-corrected chi connectivity index (χ2v) is 9.14. The molecule has 0 aliphatic carbocycles. The zero-order valence-corrected chi connectivity index (χ0v) is 19.0. The zero-order valence-electron chi connectivity index (χ0n) is 18.2. The van der Waals surface area contributed by atoms with Gasteiger partial charge in [0, 0.05) is 11.8 Å². The van der Waals surface area contributed by atoms with Crippen molar-refractivity contribution >= 4 is 21.4 Å². The molecule has 0 aliphatic heterocycles. The third-order valence-corrected chi connectivity index (χ3v) is 6.10. The van der Waals surface area contributed by atoms with Crippen LogP contribution < -0.4 is 14.8 Å². The number of rotatable bonds is 11. The second-order valence-electron chi connectivity index (χ2n) is 7.15. The van der Waals surface area contributed by atoms with E-state index in [1.807, 2.05) is 13.8 Å². The average molecular weight is 458 g/mol. The lowest BCUT2D eigenvalue weighted by Crippen LogP contribution is -2.11. The maximum absolute atomic E-state index is 12.6. The molecule has 32 heavy (non-hydrogen) atoms. The molecule has 1 aromatic heterocycles. The molecule has 0 bridgehead atoms. The number of nitrogens with one attached hydrogen (secondary N) is 1. The highest BCUT2D eigenvalue weighted by atomic mass is 32.2. The first-order valence-corrected chi connectivity index (χ1v) is 12.2. The van der Waals surface area contributed by atoms with Gasteiger partial charge >= 0.3 is 0 Å². The third-order valence-electron chi connectivity index (χ3n) is 4.45. The molecule has 0 saturated heterocycles. The number of hydrogen-bond acceptors (Lipinski definition) is 6.